The van der Waals surface area contributed by atoms with Crippen LogP contribution < -0.4 is 4.74 Å². The van der Waals surface area contributed by atoms with Crippen LogP contribution in [0.25, 0.3) is 0 Å². The normalized spacial score (nSPS) is 11.8. The van der Waals surface area contributed by atoms with E-state index in [0.29, 0.717) is 25.5 Å². The quantitative estimate of drug-likeness (QED) is 0.480. The summed E-state index contributed by atoms with van der Waals surface area (Å²) in [7, 11) is 0. The third-order valence-electron chi connectivity index (χ3n) is 5.17. The zero-order valence-electron chi connectivity index (χ0n) is 18.2. The fraction of sp³-hybridized carbons (Fsp3) is 0.565. The molecule has 0 aliphatic heterocycles. The van der Waals surface area contributed by atoms with Crippen molar-refractivity contribution in [3.8, 4) is 5.75 Å². The van der Waals surface area contributed by atoms with Gasteiger partial charge in [-0.2, -0.15) is 5.10 Å². The van der Waals surface area contributed by atoms with Gasteiger partial charge in [0.15, 0.2) is 0 Å². The van der Waals surface area contributed by atoms with Gasteiger partial charge in [-0.3, -0.25) is 9.48 Å². The lowest BCUT2D eigenvalue weighted by atomic mass is 9.91. The average molecular weight is 465 g/mol. The second-order valence-corrected chi connectivity index (χ2v) is 9.48. The van der Waals surface area contributed by atoms with Crippen molar-refractivity contribution in [2.45, 2.75) is 72.3 Å². The van der Waals surface area contributed by atoms with Crippen LogP contribution in [0.2, 0.25) is 0 Å². The molecule has 0 saturated carbocycles. The summed E-state index contributed by atoms with van der Waals surface area (Å²) in [6.45, 7) is 12.1. The van der Waals surface area contributed by atoms with E-state index in [1.54, 1.807) is 0 Å². The highest BCUT2D eigenvalue weighted by molar-refractivity contribution is 9.10. The Labute approximate surface area is 182 Å². The predicted molar refractivity (Wildman–Crippen MR) is 120 cm³/mol. The second kappa shape index (κ2) is 10.3. The monoisotopic (exact) mass is 464 g/mol. The molecule has 2 aromatic rings. The first-order valence-electron chi connectivity index (χ1n) is 10.3. The fourth-order valence-electron chi connectivity index (χ4n) is 3.26. The number of aryl methyl sites for hydroxylation is 1. The number of carbonyl (C=O) groups is 1. The molecule has 1 aromatic carbocycles. The molecule has 160 valence electrons. The van der Waals surface area contributed by atoms with E-state index >= 15 is 0 Å². The zero-order valence-corrected chi connectivity index (χ0v) is 19.8. The van der Waals surface area contributed by atoms with Gasteiger partial charge in [0.25, 0.3) is 0 Å². The maximum atomic E-state index is 11.0. The molecule has 1 aromatic heterocycles. The molecule has 0 amide bonds. The number of benzene rings is 1. The molecule has 0 spiro atoms. The van der Waals surface area contributed by atoms with Crippen molar-refractivity contribution in [3.05, 3.63) is 45.7 Å². The third kappa shape index (κ3) is 6.88. The first-order chi connectivity index (χ1) is 13.6. The van der Waals surface area contributed by atoms with Crippen LogP contribution in [0.4, 0.5) is 0 Å². The van der Waals surface area contributed by atoms with E-state index in [2.05, 4.69) is 56.6 Å². The summed E-state index contributed by atoms with van der Waals surface area (Å²) in [5.74, 6) is 0.618. The Morgan fingerprint density at radius 3 is 2.52 bits per heavy atom. The number of aromatic nitrogens is 2. The van der Waals surface area contributed by atoms with Gasteiger partial charge >= 0.3 is 5.97 Å². The van der Waals surface area contributed by atoms with Crippen LogP contribution in [-0.4, -0.2) is 27.5 Å². The van der Waals surface area contributed by atoms with Crippen LogP contribution in [-0.2, 0) is 23.2 Å². The van der Waals surface area contributed by atoms with Crippen LogP contribution >= 0.6 is 15.9 Å². The lowest BCUT2D eigenvalue weighted by Gasteiger charge is -2.21. The summed E-state index contributed by atoms with van der Waals surface area (Å²) < 4.78 is 9.17. The average Bonchev–Trinajstić information content (AvgIpc) is 3.05. The molecule has 0 saturated heterocycles. The summed E-state index contributed by atoms with van der Waals surface area (Å²) in [6, 6.07) is 8.12. The molecule has 0 aliphatic carbocycles. The molecule has 1 heterocycles. The lowest BCUT2D eigenvalue weighted by molar-refractivity contribution is -0.136. The van der Waals surface area contributed by atoms with Gasteiger partial charge in [0.2, 0.25) is 0 Å². The van der Waals surface area contributed by atoms with Crippen molar-refractivity contribution < 1.29 is 14.6 Å². The summed E-state index contributed by atoms with van der Waals surface area (Å²) >= 11 is 3.57. The van der Waals surface area contributed by atoms with Crippen molar-refractivity contribution >= 4 is 21.9 Å². The van der Waals surface area contributed by atoms with Crippen molar-refractivity contribution in [3.63, 3.8) is 0 Å². The highest BCUT2D eigenvalue weighted by Crippen LogP contribution is 2.29. The van der Waals surface area contributed by atoms with E-state index in [0.717, 1.165) is 40.0 Å². The minimum absolute atomic E-state index is 0.0846. The first-order valence-corrected chi connectivity index (χ1v) is 11.1. The molecule has 0 fully saturated rings. The van der Waals surface area contributed by atoms with Crippen molar-refractivity contribution in [2.75, 3.05) is 6.61 Å². The summed E-state index contributed by atoms with van der Waals surface area (Å²) in [5, 5.41) is 13.7. The summed E-state index contributed by atoms with van der Waals surface area (Å²) in [5.41, 5.74) is 2.86. The van der Waals surface area contributed by atoms with E-state index in [9.17, 15) is 4.79 Å². The van der Waals surface area contributed by atoms with Crippen molar-refractivity contribution in [1.82, 2.24) is 9.78 Å². The Kier molecular flexibility index (Phi) is 8.32. The van der Waals surface area contributed by atoms with Gasteiger partial charge in [-0.1, -0.05) is 63.4 Å². The molecule has 0 unspecified atom stereocenters. The zero-order chi connectivity index (χ0) is 21.6. The Morgan fingerprint density at radius 2 is 1.93 bits per heavy atom. The van der Waals surface area contributed by atoms with Crippen LogP contribution in [0.15, 0.2) is 28.7 Å². The molecule has 2 rings (SSSR count). The SMILES string of the molecule is CCC(CC)COc1ccc(Br)cc1Cn1nc(CCC(=O)O)cc1C(C)(C)C. The number of hydrogen-bond donors (Lipinski definition) is 1. The largest absolute Gasteiger partial charge is 0.493 e. The van der Waals surface area contributed by atoms with Crippen LogP contribution in [0, 0.1) is 5.92 Å². The first kappa shape index (κ1) is 23.5. The number of carboxylic acid groups (broad SMARTS) is 1. The fourth-order valence-corrected chi connectivity index (χ4v) is 3.67. The molecule has 0 radical (unpaired) electrons. The maximum absolute atomic E-state index is 11.0. The predicted octanol–water partition coefficient (Wildman–Crippen LogP) is 5.82. The molecule has 0 aliphatic rings. The summed E-state index contributed by atoms with van der Waals surface area (Å²) in [4.78, 5) is 11.0. The highest BCUT2D eigenvalue weighted by atomic mass is 79.9. The van der Waals surface area contributed by atoms with Gasteiger partial charge < -0.3 is 9.84 Å². The number of aliphatic carboxylic acids is 1. The van der Waals surface area contributed by atoms with Gasteiger partial charge in [0.1, 0.15) is 5.75 Å². The van der Waals surface area contributed by atoms with Crippen LogP contribution in [0.5, 0.6) is 5.75 Å². The van der Waals surface area contributed by atoms with Gasteiger partial charge in [-0.15, -0.1) is 0 Å². The number of rotatable bonds is 10. The van der Waals surface area contributed by atoms with E-state index in [1.165, 1.54) is 0 Å². The summed E-state index contributed by atoms with van der Waals surface area (Å²) in [6.07, 6.45) is 2.72. The number of hydrogen-bond acceptors (Lipinski definition) is 3. The number of nitrogens with zero attached hydrogens (tertiary/aromatic N) is 2. The van der Waals surface area contributed by atoms with Crippen molar-refractivity contribution in [2.24, 2.45) is 5.92 Å². The topological polar surface area (TPSA) is 64.4 Å². The minimum atomic E-state index is -0.805. The van der Waals surface area contributed by atoms with Crippen molar-refractivity contribution in [1.29, 1.82) is 0 Å². The molecular weight excluding hydrogens is 432 g/mol. The van der Waals surface area contributed by atoms with E-state index in [4.69, 9.17) is 14.9 Å². The van der Waals surface area contributed by atoms with Gasteiger partial charge in [0, 0.05) is 27.6 Å². The van der Waals surface area contributed by atoms with Gasteiger partial charge in [0.05, 0.1) is 25.3 Å². The Bertz CT molecular complexity index is 820. The molecule has 0 atom stereocenters. The maximum Gasteiger partial charge on any atom is 0.303 e. The van der Waals surface area contributed by atoms with Crippen LogP contribution in [0.1, 0.15) is 70.8 Å². The second-order valence-electron chi connectivity index (χ2n) is 8.57. The van der Waals surface area contributed by atoms with Gasteiger partial charge in [-0.25, -0.2) is 0 Å². The Hall–Kier alpha value is -1.82. The Morgan fingerprint density at radius 1 is 1.24 bits per heavy atom. The highest BCUT2D eigenvalue weighted by Gasteiger charge is 2.22. The standard InChI is InChI=1S/C23H33BrN2O3/c1-6-16(7-2)15-29-20-10-8-18(24)12-17(20)14-26-21(23(3,4)5)13-19(25-26)9-11-22(27)28/h8,10,12-13,16H,6-7,9,11,14-15H2,1-5H3,(H,27,28). The van der Waals surface area contributed by atoms with E-state index in [1.807, 2.05) is 22.9 Å². The van der Waals surface area contributed by atoms with Crippen LogP contribution in [0.3, 0.4) is 0 Å². The van der Waals surface area contributed by atoms with Gasteiger partial charge in [-0.05, 0) is 30.2 Å². The number of ether oxygens (including phenoxy) is 1. The molecule has 5 nitrogen and oxygen atoms in total. The number of carboxylic acids is 1. The molecule has 1 N–H and O–H groups in total. The van der Waals surface area contributed by atoms with E-state index in [-0.39, 0.29) is 11.8 Å². The Balaban J connectivity index is 2.32. The lowest BCUT2D eigenvalue weighted by Crippen LogP contribution is -2.19. The molecular formula is C23H33BrN2O3. The smallest absolute Gasteiger partial charge is 0.303 e. The minimum Gasteiger partial charge on any atom is -0.493 e. The third-order valence-corrected chi connectivity index (χ3v) is 5.66. The molecule has 0 bridgehead atoms. The number of halogens is 1. The van der Waals surface area contributed by atoms with E-state index < -0.39 is 5.97 Å². The molecule has 6 heteroatoms. The molecule has 29 heavy (non-hydrogen) atoms.